The topological polar surface area (TPSA) is 37.3 Å². The second-order valence-electron chi connectivity index (χ2n) is 5.73. The first-order chi connectivity index (χ1) is 9.77. The van der Waals surface area contributed by atoms with Gasteiger partial charge in [0.2, 0.25) is 0 Å². The van der Waals surface area contributed by atoms with Crippen molar-refractivity contribution in [1.82, 2.24) is 0 Å². The van der Waals surface area contributed by atoms with E-state index in [1.807, 2.05) is 0 Å². The molecule has 0 fully saturated rings. The second-order valence-corrected chi connectivity index (χ2v) is 5.73. The number of carboxylic acid groups (broad SMARTS) is 1. The molecule has 122 valence electrons. The van der Waals surface area contributed by atoms with Gasteiger partial charge in [-0.1, -0.05) is 70.4 Å². The quantitative estimate of drug-likeness (QED) is 0.253. The van der Waals surface area contributed by atoms with Crippen LogP contribution >= 0.6 is 0 Å². The Morgan fingerprint density at radius 3 is 1.67 bits per heavy atom. The molecule has 0 amide bonds. The van der Waals surface area contributed by atoms with Gasteiger partial charge in [-0.15, -0.1) is 0 Å². The Balaban J connectivity index is 0. The minimum atomic E-state index is -0.664. The molecule has 0 saturated heterocycles. The molecular weight excluding hydrogens is 392 g/mol. The Morgan fingerprint density at radius 2 is 1.19 bits per heavy atom. The minimum absolute atomic E-state index is 0. The molecule has 21 heavy (non-hydrogen) atoms. The fourth-order valence-electron chi connectivity index (χ4n) is 2.35. The maximum absolute atomic E-state index is 10.3. The average molecular weight is 427 g/mol. The predicted octanol–water partition coefficient (Wildman–Crippen LogP) is 6.11. The zero-order valence-electron chi connectivity index (χ0n) is 13.9. The molecule has 2 nitrogen and oxygen atoms in total. The van der Waals surface area contributed by atoms with Gasteiger partial charge >= 0.3 is 5.97 Å². The largest absolute Gasteiger partial charge is 0.481 e. The second kappa shape index (κ2) is 20.6. The van der Waals surface area contributed by atoms with E-state index in [2.05, 4.69) is 19.1 Å². The van der Waals surface area contributed by atoms with Gasteiger partial charge in [0.1, 0.15) is 0 Å². The molecule has 0 aromatic carbocycles. The van der Waals surface area contributed by atoms with E-state index < -0.39 is 5.97 Å². The molecule has 0 aromatic heterocycles. The third-order valence-electron chi connectivity index (χ3n) is 3.65. The Hall–Kier alpha value is 0.561. The zero-order valence-corrected chi connectivity index (χ0v) is 17.1. The maximum Gasteiger partial charge on any atom is 0.303 e. The monoisotopic (exact) mass is 424 g/mol. The fourth-order valence-corrected chi connectivity index (χ4v) is 2.35. The van der Waals surface area contributed by atoms with Gasteiger partial charge in [-0.3, -0.25) is 4.79 Å². The molecule has 0 radical (unpaired) electrons. The smallest absolute Gasteiger partial charge is 0.303 e. The van der Waals surface area contributed by atoms with Crippen LogP contribution in [0.3, 0.4) is 0 Å². The summed E-state index contributed by atoms with van der Waals surface area (Å²) in [6, 6.07) is 0. The summed E-state index contributed by atoms with van der Waals surface area (Å²) < 4.78 is 0. The van der Waals surface area contributed by atoms with Crippen LogP contribution in [-0.2, 0) is 4.79 Å². The summed E-state index contributed by atoms with van der Waals surface area (Å²) in [4.78, 5) is 10.3. The summed E-state index contributed by atoms with van der Waals surface area (Å²) in [6.07, 6.45) is 21.2. The van der Waals surface area contributed by atoms with Gasteiger partial charge in [0.15, 0.2) is 0 Å². The minimum Gasteiger partial charge on any atom is -0.481 e. The van der Waals surface area contributed by atoms with Crippen molar-refractivity contribution in [2.24, 2.45) is 0 Å². The molecule has 0 aliphatic carbocycles. The van der Waals surface area contributed by atoms with E-state index in [0.29, 0.717) is 6.42 Å². The van der Waals surface area contributed by atoms with Crippen molar-refractivity contribution in [2.75, 3.05) is 0 Å². The Labute approximate surface area is 164 Å². The van der Waals surface area contributed by atoms with E-state index in [9.17, 15) is 4.79 Å². The summed E-state index contributed by atoms with van der Waals surface area (Å²) in [5, 5.41) is 8.51. The SMILES string of the molecule is CCCCCCCCC=CCCCCCCCC(=O)O.[Nd]. The van der Waals surface area contributed by atoms with Crippen LogP contribution in [0.4, 0.5) is 0 Å². The molecule has 0 aliphatic rings. The normalized spacial score (nSPS) is 10.7. The molecule has 1 N–H and O–H groups in total. The standard InChI is InChI=1S/C18H34O2.Nd/c1-2-3-4-5-6-7-8-9-10-11-12-13-14-15-16-17-18(19)20;/h9-10H,2-8,11-17H2,1H3,(H,19,20);. The number of hydrogen-bond acceptors (Lipinski definition) is 1. The molecule has 0 aromatic rings. The van der Waals surface area contributed by atoms with Gasteiger partial charge in [-0.25, -0.2) is 0 Å². The van der Waals surface area contributed by atoms with Gasteiger partial charge in [0, 0.05) is 47.3 Å². The van der Waals surface area contributed by atoms with E-state index in [4.69, 9.17) is 5.11 Å². The van der Waals surface area contributed by atoms with Crippen LogP contribution < -0.4 is 0 Å². The number of carbonyl (C=O) groups is 1. The number of rotatable bonds is 15. The van der Waals surface area contributed by atoms with E-state index in [-0.39, 0.29) is 40.8 Å². The molecule has 0 saturated carbocycles. The first kappa shape index (κ1) is 23.8. The van der Waals surface area contributed by atoms with Crippen molar-refractivity contribution in [3.8, 4) is 0 Å². The summed E-state index contributed by atoms with van der Waals surface area (Å²) in [5.41, 5.74) is 0. The number of unbranched alkanes of at least 4 members (excludes halogenated alkanes) is 11. The summed E-state index contributed by atoms with van der Waals surface area (Å²) in [5.74, 6) is -0.664. The van der Waals surface area contributed by atoms with Gasteiger partial charge in [0.25, 0.3) is 0 Å². The van der Waals surface area contributed by atoms with Gasteiger partial charge in [-0.05, 0) is 32.1 Å². The summed E-state index contributed by atoms with van der Waals surface area (Å²) in [6.45, 7) is 2.26. The molecule has 3 heteroatoms. The predicted molar refractivity (Wildman–Crippen MR) is 87.1 cm³/mol. The number of allylic oxidation sites excluding steroid dienone is 2. The molecule has 0 atom stereocenters. The van der Waals surface area contributed by atoms with Gasteiger partial charge in [0.05, 0.1) is 0 Å². The van der Waals surface area contributed by atoms with Crippen LogP contribution in [0.25, 0.3) is 0 Å². The van der Waals surface area contributed by atoms with Crippen LogP contribution in [0.15, 0.2) is 12.2 Å². The van der Waals surface area contributed by atoms with E-state index in [0.717, 1.165) is 12.8 Å². The first-order valence-electron chi connectivity index (χ1n) is 8.64. The molecule has 0 spiro atoms. The molecule has 0 rings (SSSR count). The van der Waals surface area contributed by atoms with Crippen LogP contribution in [0.5, 0.6) is 0 Å². The molecule has 0 aliphatic heterocycles. The van der Waals surface area contributed by atoms with E-state index in [1.54, 1.807) is 0 Å². The third-order valence-corrected chi connectivity index (χ3v) is 3.65. The Morgan fingerprint density at radius 1 is 0.762 bits per heavy atom. The van der Waals surface area contributed by atoms with Crippen molar-refractivity contribution in [3.63, 3.8) is 0 Å². The Bertz CT molecular complexity index is 239. The molecular formula is C18H34NdO2. The molecule has 0 unspecified atom stereocenters. The fraction of sp³-hybridized carbons (Fsp3) is 0.833. The van der Waals surface area contributed by atoms with Crippen LogP contribution in [0, 0.1) is 40.8 Å². The Kier molecular flexibility index (Phi) is 23.3. The van der Waals surface area contributed by atoms with Crippen LogP contribution in [0.1, 0.15) is 96.8 Å². The van der Waals surface area contributed by atoms with Crippen molar-refractivity contribution in [3.05, 3.63) is 12.2 Å². The zero-order chi connectivity index (χ0) is 14.9. The van der Waals surface area contributed by atoms with Crippen molar-refractivity contribution in [2.45, 2.75) is 96.8 Å². The number of carboxylic acids is 1. The average Bonchev–Trinajstić information content (AvgIpc) is 2.43. The van der Waals surface area contributed by atoms with Gasteiger partial charge < -0.3 is 5.11 Å². The van der Waals surface area contributed by atoms with Crippen LogP contribution in [0.2, 0.25) is 0 Å². The summed E-state index contributed by atoms with van der Waals surface area (Å²) >= 11 is 0. The van der Waals surface area contributed by atoms with E-state index >= 15 is 0 Å². The molecule has 0 heterocycles. The van der Waals surface area contributed by atoms with Crippen molar-refractivity contribution < 1.29 is 50.7 Å². The summed E-state index contributed by atoms with van der Waals surface area (Å²) in [7, 11) is 0. The van der Waals surface area contributed by atoms with Crippen molar-refractivity contribution in [1.29, 1.82) is 0 Å². The van der Waals surface area contributed by atoms with Crippen molar-refractivity contribution >= 4 is 5.97 Å². The van der Waals surface area contributed by atoms with Crippen LogP contribution in [-0.4, -0.2) is 11.1 Å². The number of hydrogen-bond donors (Lipinski definition) is 1. The van der Waals surface area contributed by atoms with E-state index in [1.165, 1.54) is 70.6 Å². The maximum atomic E-state index is 10.3. The first-order valence-corrected chi connectivity index (χ1v) is 8.64. The molecule has 0 bridgehead atoms. The number of aliphatic carboxylic acids is 1. The van der Waals surface area contributed by atoms with Gasteiger partial charge in [-0.2, -0.15) is 0 Å². The third kappa shape index (κ3) is 23.0.